The van der Waals surface area contributed by atoms with E-state index in [0.29, 0.717) is 17.7 Å². The van der Waals surface area contributed by atoms with Crippen LogP contribution in [0.3, 0.4) is 0 Å². The van der Waals surface area contributed by atoms with Crippen molar-refractivity contribution in [2.75, 3.05) is 11.9 Å². The molecule has 2 aromatic rings. The number of para-hydroxylation sites is 1. The van der Waals surface area contributed by atoms with E-state index in [1.54, 1.807) is 18.2 Å². The molecule has 4 nitrogen and oxygen atoms in total. The smallest absolute Gasteiger partial charge is 0.291 e. The highest BCUT2D eigenvalue weighted by atomic mass is 16.3. The van der Waals surface area contributed by atoms with E-state index in [-0.39, 0.29) is 18.3 Å². The first-order chi connectivity index (χ1) is 9.31. The van der Waals surface area contributed by atoms with Gasteiger partial charge in [-0.2, -0.15) is 0 Å². The van der Waals surface area contributed by atoms with Crippen LogP contribution in [0.25, 0.3) is 0 Å². The third-order valence-electron chi connectivity index (χ3n) is 2.38. The molecule has 0 spiro atoms. The molecular formula is C15H13NO3. The number of anilines is 1. The Labute approximate surface area is 111 Å². The topological polar surface area (TPSA) is 62.5 Å². The molecule has 0 fully saturated rings. The average Bonchev–Trinajstić information content (AvgIpc) is 2.95. The first-order valence-electron chi connectivity index (χ1n) is 5.85. The Morgan fingerprint density at radius 3 is 2.84 bits per heavy atom. The van der Waals surface area contributed by atoms with Crippen LogP contribution in [0.5, 0.6) is 0 Å². The summed E-state index contributed by atoms with van der Waals surface area (Å²) in [6.45, 7) is 0.0217. The molecular weight excluding hydrogens is 242 g/mol. The van der Waals surface area contributed by atoms with E-state index in [0.717, 1.165) is 0 Å². The minimum Gasteiger partial charge on any atom is -0.459 e. The lowest BCUT2D eigenvalue weighted by Crippen LogP contribution is -2.11. The van der Waals surface area contributed by atoms with Crippen LogP contribution in [0.1, 0.15) is 22.5 Å². The molecule has 0 radical (unpaired) electrons. The highest BCUT2D eigenvalue weighted by Crippen LogP contribution is 2.15. The molecule has 0 atom stereocenters. The minimum absolute atomic E-state index is 0.0217. The standard InChI is InChI=1S/C15H13NO3/c17-10-4-3-7-12-6-1-2-8-13(12)16-15(18)14-9-5-11-19-14/h1-2,5-6,8-9,11,17H,4,10H2,(H,16,18). The van der Waals surface area contributed by atoms with Crippen molar-refractivity contribution in [1.29, 1.82) is 0 Å². The number of furan rings is 1. The summed E-state index contributed by atoms with van der Waals surface area (Å²) in [6.07, 6.45) is 1.85. The third kappa shape index (κ3) is 3.47. The second-order valence-electron chi connectivity index (χ2n) is 3.75. The zero-order valence-corrected chi connectivity index (χ0v) is 10.2. The highest BCUT2D eigenvalue weighted by Gasteiger charge is 2.10. The normalized spacial score (nSPS) is 9.53. The largest absolute Gasteiger partial charge is 0.459 e. The zero-order valence-electron chi connectivity index (χ0n) is 10.2. The first-order valence-corrected chi connectivity index (χ1v) is 5.85. The maximum Gasteiger partial charge on any atom is 0.291 e. The minimum atomic E-state index is -0.318. The van der Waals surface area contributed by atoms with Gasteiger partial charge in [-0.1, -0.05) is 24.0 Å². The molecule has 96 valence electrons. The van der Waals surface area contributed by atoms with Gasteiger partial charge < -0.3 is 14.8 Å². The van der Waals surface area contributed by atoms with Crippen molar-refractivity contribution < 1.29 is 14.3 Å². The molecule has 1 heterocycles. The SMILES string of the molecule is O=C(Nc1ccccc1C#CCCO)c1ccco1. The Morgan fingerprint density at radius 1 is 1.26 bits per heavy atom. The second-order valence-corrected chi connectivity index (χ2v) is 3.75. The Hall–Kier alpha value is -2.51. The van der Waals surface area contributed by atoms with E-state index in [4.69, 9.17) is 9.52 Å². The molecule has 0 saturated heterocycles. The highest BCUT2D eigenvalue weighted by molar-refractivity contribution is 6.02. The molecule has 2 N–H and O–H groups in total. The summed E-state index contributed by atoms with van der Waals surface area (Å²) in [4.78, 5) is 11.9. The van der Waals surface area contributed by atoms with Gasteiger partial charge in [-0.3, -0.25) is 4.79 Å². The molecule has 4 heteroatoms. The van der Waals surface area contributed by atoms with Crippen molar-refractivity contribution in [3.63, 3.8) is 0 Å². The van der Waals surface area contributed by atoms with Gasteiger partial charge in [0.25, 0.3) is 5.91 Å². The fourth-order valence-corrected chi connectivity index (χ4v) is 1.51. The number of carbonyl (C=O) groups is 1. The number of amides is 1. The van der Waals surface area contributed by atoms with Crippen molar-refractivity contribution in [1.82, 2.24) is 0 Å². The van der Waals surface area contributed by atoms with E-state index in [9.17, 15) is 4.79 Å². The van der Waals surface area contributed by atoms with Gasteiger partial charge in [0.1, 0.15) is 0 Å². The predicted molar refractivity (Wildman–Crippen MR) is 71.7 cm³/mol. The summed E-state index contributed by atoms with van der Waals surface area (Å²) in [6, 6.07) is 10.5. The number of carbonyl (C=O) groups excluding carboxylic acids is 1. The number of rotatable bonds is 3. The fraction of sp³-hybridized carbons (Fsp3) is 0.133. The van der Waals surface area contributed by atoms with Gasteiger partial charge in [0, 0.05) is 12.0 Å². The van der Waals surface area contributed by atoms with Crippen molar-refractivity contribution in [2.45, 2.75) is 6.42 Å². The third-order valence-corrected chi connectivity index (χ3v) is 2.38. The van der Waals surface area contributed by atoms with Gasteiger partial charge in [0.2, 0.25) is 0 Å². The average molecular weight is 255 g/mol. The molecule has 0 aliphatic heterocycles. The number of benzene rings is 1. The van der Waals surface area contributed by atoms with Gasteiger partial charge in [-0.05, 0) is 24.3 Å². The van der Waals surface area contributed by atoms with E-state index in [1.165, 1.54) is 6.26 Å². The fourth-order valence-electron chi connectivity index (χ4n) is 1.51. The second kappa shape index (κ2) is 6.43. The predicted octanol–water partition coefficient (Wildman–Crippen LogP) is 2.27. The number of nitrogens with one attached hydrogen (secondary N) is 1. The summed E-state index contributed by atoms with van der Waals surface area (Å²) in [7, 11) is 0. The van der Waals surface area contributed by atoms with Crippen molar-refractivity contribution in [2.24, 2.45) is 0 Å². The lowest BCUT2D eigenvalue weighted by Gasteiger charge is -2.05. The number of hydrogen-bond acceptors (Lipinski definition) is 3. The van der Waals surface area contributed by atoms with Gasteiger partial charge in [0.05, 0.1) is 18.6 Å². The maximum atomic E-state index is 11.9. The van der Waals surface area contributed by atoms with Crippen LogP contribution in [0.15, 0.2) is 47.1 Å². The van der Waals surface area contributed by atoms with Gasteiger partial charge in [-0.15, -0.1) is 0 Å². The van der Waals surface area contributed by atoms with Crippen LogP contribution in [-0.2, 0) is 0 Å². The Bertz CT molecular complexity index is 606. The first kappa shape index (κ1) is 12.9. The molecule has 1 amide bonds. The van der Waals surface area contributed by atoms with Crippen LogP contribution < -0.4 is 5.32 Å². The molecule has 1 aromatic carbocycles. The number of aliphatic hydroxyl groups is 1. The van der Waals surface area contributed by atoms with E-state index >= 15 is 0 Å². The van der Waals surface area contributed by atoms with Crippen LogP contribution >= 0.6 is 0 Å². The molecule has 0 unspecified atom stereocenters. The summed E-state index contributed by atoms with van der Waals surface area (Å²) >= 11 is 0. The molecule has 0 bridgehead atoms. The van der Waals surface area contributed by atoms with Gasteiger partial charge >= 0.3 is 0 Å². The molecule has 0 saturated carbocycles. The van der Waals surface area contributed by atoms with E-state index < -0.39 is 0 Å². The van der Waals surface area contributed by atoms with Crippen LogP contribution in [0.4, 0.5) is 5.69 Å². The van der Waals surface area contributed by atoms with Crippen molar-refractivity contribution in [3.05, 3.63) is 54.0 Å². The Balaban J connectivity index is 2.17. The number of hydrogen-bond donors (Lipinski definition) is 2. The van der Waals surface area contributed by atoms with Gasteiger partial charge in [-0.25, -0.2) is 0 Å². The van der Waals surface area contributed by atoms with E-state index in [2.05, 4.69) is 17.2 Å². The monoisotopic (exact) mass is 255 g/mol. The van der Waals surface area contributed by atoms with Crippen LogP contribution in [0, 0.1) is 11.8 Å². The van der Waals surface area contributed by atoms with Crippen molar-refractivity contribution in [3.8, 4) is 11.8 Å². The van der Waals surface area contributed by atoms with Crippen molar-refractivity contribution >= 4 is 11.6 Å². The van der Waals surface area contributed by atoms with Crippen LogP contribution in [0.2, 0.25) is 0 Å². The molecule has 1 aromatic heterocycles. The summed E-state index contributed by atoms with van der Waals surface area (Å²) in [5, 5.41) is 11.4. The Morgan fingerprint density at radius 2 is 2.11 bits per heavy atom. The summed E-state index contributed by atoms with van der Waals surface area (Å²) < 4.78 is 5.02. The number of aliphatic hydroxyl groups excluding tert-OH is 1. The molecule has 19 heavy (non-hydrogen) atoms. The van der Waals surface area contributed by atoms with Gasteiger partial charge in [0.15, 0.2) is 5.76 Å². The quantitative estimate of drug-likeness (QED) is 0.827. The summed E-state index contributed by atoms with van der Waals surface area (Å²) in [5.41, 5.74) is 1.32. The molecule has 0 aliphatic carbocycles. The van der Waals surface area contributed by atoms with E-state index in [1.807, 2.05) is 18.2 Å². The Kier molecular flexibility index (Phi) is 4.38. The summed E-state index contributed by atoms with van der Waals surface area (Å²) in [5.74, 6) is 5.66. The lowest BCUT2D eigenvalue weighted by molar-refractivity contribution is 0.0996. The van der Waals surface area contributed by atoms with Crippen LogP contribution in [-0.4, -0.2) is 17.6 Å². The maximum absolute atomic E-state index is 11.9. The molecule has 0 aliphatic rings. The molecule has 2 rings (SSSR count). The lowest BCUT2D eigenvalue weighted by atomic mass is 10.1. The zero-order chi connectivity index (χ0) is 13.5.